The summed E-state index contributed by atoms with van der Waals surface area (Å²) in [5.74, 6) is 1.28. The third-order valence-electron chi connectivity index (χ3n) is 2.02. The number of unbranched alkanes of at least 4 members (excludes halogenated alkanes) is 2. The Balaban J connectivity index is 2.54. The normalized spacial score (nSPS) is 10.1. The van der Waals surface area contributed by atoms with Crippen molar-refractivity contribution in [3.63, 3.8) is 0 Å². The number of hydrogen-bond acceptors (Lipinski definition) is 3. The molecule has 84 valence electrons. The molecule has 0 atom stereocenters. The third-order valence-corrected chi connectivity index (χ3v) is 2.23. The van der Waals surface area contributed by atoms with Crippen molar-refractivity contribution in [2.75, 3.05) is 13.7 Å². The van der Waals surface area contributed by atoms with E-state index in [4.69, 9.17) is 21.1 Å². The van der Waals surface area contributed by atoms with Crippen LogP contribution >= 0.6 is 11.6 Å². The highest BCUT2D eigenvalue weighted by atomic mass is 35.5. The number of methoxy groups -OCH3 is 1. The van der Waals surface area contributed by atoms with Crippen LogP contribution in [0.1, 0.15) is 26.2 Å². The Bertz CT molecular complexity index is 305. The Labute approximate surface area is 95.4 Å². The molecule has 0 saturated heterocycles. The summed E-state index contributed by atoms with van der Waals surface area (Å²) in [5, 5.41) is 0.418. The zero-order valence-electron chi connectivity index (χ0n) is 9.12. The van der Waals surface area contributed by atoms with Crippen LogP contribution in [0, 0.1) is 0 Å². The van der Waals surface area contributed by atoms with Crippen LogP contribution in [0.15, 0.2) is 12.3 Å². The molecular formula is C11H16ClNO2. The standard InChI is InChI=1S/C11H16ClNO2/c1-3-4-5-6-15-9-7-11(12)13-8-10(9)14-2/h7-8H,3-6H2,1-2H3. The molecule has 0 aliphatic heterocycles. The lowest BCUT2D eigenvalue weighted by molar-refractivity contribution is 0.285. The van der Waals surface area contributed by atoms with Gasteiger partial charge in [0.15, 0.2) is 11.5 Å². The first kappa shape index (κ1) is 12.1. The van der Waals surface area contributed by atoms with Gasteiger partial charge >= 0.3 is 0 Å². The fourth-order valence-corrected chi connectivity index (χ4v) is 1.35. The molecule has 3 nitrogen and oxygen atoms in total. The van der Waals surface area contributed by atoms with Crippen LogP contribution in [0.3, 0.4) is 0 Å². The number of nitrogens with zero attached hydrogens (tertiary/aromatic N) is 1. The van der Waals surface area contributed by atoms with E-state index in [0.717, 1.165) is 6.42 Å². The predicted molar refractivity (Wildman–Crippen MR) is 60.8 cm³/mol. The van der Waals surface area contributed by atoms with Crippen molar-refractivity contribution in [2.24, 2.45) is 0 Å². The number of ether oxygens (including phenoxy) is 2. The average molecular weight is 230 g/mol. The van der Waals surface area contributed by atoms with Gasteiger partial charge in [0.25, 0.3) is 0 Å². The molecule has 4 heteroatoms. The monoisotopic (exact) mass is 229 g/mol. The van der Waals surface area contributed by atoms with E-state index in [1.807, 2.05) is 0 Å². The molecule has 15 heavy (non-hydrogen) atoms. The van der Waals surface area contributed by atoms with Gasteiger partial charge in [0.1, 0.15) is 5.15 Å². The van der Waals surface area contributed by atoms with E-state index in [0.29, 0.717) is 23.3 Å². The van der Waals surface area contributed by atoms with Crippen molar-refractivity contribution in [1.29, 1.82) is 0 Å². The summed E-state index contributed by atoms with van der Waals surface area (Å²) in [6, 6.07) is 1.67. The minimum Gasteiger partial charge on any atom is -0.491 e. The first-order chi connectivity index (χ1) is 7.27. The first-order valence-electron chi connectivity index (χ1n) is 5.10. The molecule has 0 saturated carbocycles. The van der Waals surface area contributed by atoms with Gasteiger partial charge in [0.2, 0.25) is 0 Å². The van der Waals surface area contributed by atoms with Crippen LogP contribution in [0.25, 0.3) is 0 Å². The molecule has 0 aliphatic rings. The molecule has 0 fully saturated rings. The number of pyridine rings is 1. The van der Waals surface area contributed by atoms with E-state index >= 15 is 0 Å². The van der Waals surface area contributed by atoms with Crippen molar-refractivity contribution < 1.29 is 9.47 Å². The Morgan fingerprint density at radius 1 is 1.33 bits per heavy atom. The van der Waals surface area contributed by atoms with Gasteiger partial charge in [0.05, 0.1) is 19.9 Å². The van der Waals surface area contributed by atoms with Gasteiger partial charge < -0.3 is 9.47 Å². The largest absolute Gasteiger partial charge is 0.491 e. The molecule has 0 radical (unpaired) electrons. The Morgan fingerprint density at radius 2 is 2.13 bits per heavy atom. The molecular weight excluding hydrogens is 214 g/mol. The van der Waals surface area contributed by atoms with Crippen molar-refractivity contribution in [2.45, 2.75) is 26.2 Å². The maximum Gasteiger partial charge on any atom is 0.179 e. The predicted octanol–water partition coefficient (Wildman–Crippen LogP) is 3.31. The number of halogens is 1. The van der Waals surface area contributed by atoms with Crippen molar-refractivity contribution in [3.05, 3.63) is 17.4 Å². The van der Waals surface area contributed by atoms with Crippen LogP contribution in [0.4, 0.5) is 0 Å². The van der Waals surface area contributed by atoms with Gasteiger partial charge in [-0.3, -0.25) is 0 Å². The zero-order valence-corrected chi connectivity index (χ0v) is 9.88. The van der Waals surface area contributed by atoms with Gasteiger partial charge in [-0.25, -0.2) is 4.98 Å². The third kappa shape index (κ3) is 3.96. The van der Waals surface area contributed by atoms with E-state index in [1.165, 1.54) is 12.8 Å². The number of aromatic nitrogens is 1. The summed E-state index contributed by atoms with van der Waals surface area (Å²) < 4.78 is 10.7. The number of hydrogen-bond donors (Lipinski definition) is 0. The highest BCUT2D eigenvalue weighted by molar-refractivity contribution is 6.29. The molecule has 0 spiro atoms. The topological polar surface area (TPSA) is 31.4 Å². The van der Waals surface area contributed by atoms with Crippen molar-refractivity contribution >= 4 is 11.6 Å². The fourth-order valence-electron chi connectivity index (χ4n) is 1.20. The van der Waals surface area contributed by atoms with Crippen LogP contribution in [-0.4, -0.2) is 18.7 Å². The summed E-state index contributed by atoms with van der Waals surface area (Å²) in [6.45, 7) is 2.84. The van der Waals surface area contributed by atoms with Crippen molar-refractivity contribution in [1.82, 2.24) is 4.98 Å². The van der Waals surface area contributed by atoms with E-state index in [-0.39, 0.29) is 0 Å². The summed E-state index contributed by atoms with van der Waals surface area (Å²) in [7, 11) is 1.59. The highest BCUT2D eigenvalue weighted by Crippen LogP contribution is 2.28. The summed E-state index contributed by atoms with van der Waals surface area (Å²) in [5.41, 5.74) is 0. The molecule has 0 N–H and O–H groups in total. The van der Waals surface area contributed by atoms with Gasteiger partial charge in [-0.05, 0) is 6.42 Å². The van der Waals surface area contributed by atoms with E-state index < -0.39 is 0 Å². The Morgan fingerprint density at radius 3 is 2.80 bits per heavy atom. The molecule has 1 aromatic rings. The van der Waals surface area contributed by atoms with E-state index in [2.05, 4.69) is 11.9 Å². The minimum absolute atomic E-state index is 0.418. The number of rotatable bonds is 6. The average Bonchev–Trinajstić information content (AvgIpc) is 2.25. The van der Waals surface area contributed by atoms with Crippen LogP contribution in [0.5, 0.6) is 11.5 Å². The lowest BCUT2D eigenvalue weighted by atomic mass is 10.3. The summed E-state index contributed by atoms with van der Waals surface area (Å²) in [4.78, 5) is 3.92. The first-order valence-corrected chi connectivity index (χ1v) is 5.48. The Hall–Kier alpha value is -0.960. The summed E-state index contributed by atoms with van der Waals surface area (Å²) in [6.07, 6.45) is 4.95. The smallest absolute Gasteiger partial charge is 0.179 e. The molecule has 0 unspecified atom stereocenters. The van der Waals surface area contributed by atoms with Crippen LogP contribution in [0.2, 0.25) is 5.15 Å². The molecule has 0 bridgehead atoms. The zero-order chi connectivity index (χ0) is 11.1. The maximum absolute atomic E-state index is 5.77. The molecule has 0 aromatic carbocycles. The molecule has 0 aliphatic carbocycles. The lowest BCUT2D eigenvalue weighted by Gasteiger charge is -2.09. The highest BCUT2D eigenvalue weighted by Gasteiger charge is 2.05. The SMILES string of the molecule is CCCCCOc1cc(Cl)ncc1OC. The van der Waals surface area contributed by atoms with Gasteiger partial charge in [-0.15, -0.1) is 0 Å². The second-order valence-electron chi connectivity index (χ2n) is 3.21. The quantitative estimate of drug-likeness (QED) is 0.554. The van der Waals surface area contributed by atoms with Gasteiger partial charge in [-0.2, -0.15) is 0 Å². The van der Waals surface area contributed by atoms with Crippen LogP contribution < -0.4 is 9.47 Å². The molecule has 1 aromatic heterocycles. The van der Waals surface area contributed by atoms with Crippen molar-refractivity contribution in [3.8, 4) is 11.5 Å². The van der Waals surface area contributed by atoms with Gasteiger partial charge in [0, 0.05) is 6.07 Å². The summed E-state index contributed by atoms with van der Waals surface area (Å²) >= 11 is 5.77. The second kappa shape index (κ2) is 6.51. The molecule has 0 amide bonds. The van der Waals surface area contributed by atoms with Gasteiger partial charge in [-0.1, -0.05) is 31.4 Å². The molecule has 1 rings (SSSR count). The second-order valence-corrected chi connectivity index (χ2v) is 3.60. The minimum atomic E-state index is 0.418. The Kier molecular flexibility index (Phi) is 5.26. The molecule has 1 heterocycles. The van der Waals surface area contributed by atoms with E-state index in [9.17, 15) is 0 Å². The fraction of sp³-hybridized carbons (Fsp3) is 0.545. The van der Waals surface area contributed by atoms with E-state index in [1.54, 1.807) is 19.4 Å². The maximum atomic E-state index is 5.77. The lowest BCUT2D eigenvalue weighted by Crippen LogP contribution is -1.99. The van der Waals surface area contributed by atoms with Crippen LogP contribution in [-0.2, 0) is 0 Å².